The largest absolute Gasteiger partial charge is 0.342 e. The highest BCUT2D eigenvalue weighted by Gasteiger charge is 2.16. The number of rotatable bonds is 4. The Morgan fingerprint density at radius 2 is 2.07 bits per heavy atom. The van der Waals surface area contributed by atoms with Gasteiger partial charge in [0.1, 0.15) is 0 Å². The smallest absolute Gasteiger partial charge is 0.235 e. The number of hydrogen-bond acceptors (Lipinski definition) is 2. The Balaban J connectivity index is 1.69. The summed E-state index contributed by atoms with van der Waals surface area (Å²) >= 11 is 0. The van der Waals surface area contributed by atoms with Gasteiger partial charge in [-0.3, -0.25) is 9.69 Å². The number of carbonyl (C=O) groups excluding carboxylic acids is 1. The van der Waals surface area contributed by atoms with Crippen LogP contribution in [0, 0.1) is 0 Å². The van der Waals surface area contributed by atoms with Crippen molar-refractivity contribution in [2.45, 2.75) is 12.8 Å². The quantitative estimate of drug-likeness (QED) is 0.794. The van der Waals surface area contributed by atoms with Crippen molar-refractivity contribution in [1.29, 1.82) is 0 Å². The highest BCUT2D eigenvalue weighted by Crippen LogP contribution is 2.04. The molecular formula is C12H16N2O. The summed E-state index contributed by atoms with van der Waals surface area (Å²) in [6.07, 6.45) is 2.20. The van der Waals surface area contributed by atoms with Gasteiger partial charge in [-0.1, -0.05) is 30.3 Å². The van der Waals surface area contributed by atoms with Crippen LogP contribution < -0.4 is 5.32 Å². The molecule has 0 radical (unpaired) electrons. The molecule has 1 fully saturated rings. The Hall–Kier alpha value is -1.35. The fourth-order valence-corrected chi connectivity index (χ4v) is 1.82. The van der Waals surface area contributed by atoms with Crippen molar-refractivity contribution in [3.05, 3.63) is 35.9 Å². The van der Waals surface area contributed by atoms with E-state index in [2.05, 4.69) is 34.5 Å². The summed E-state index contributed by atoms with van der Waals surface area (Å²) in [5.74, 6) is 0.148. The number of aryl methyl sites for hydroxylation is 1. The van der Waals surface area contributed by atoms with Crippen molar-refractivity contribution in [3.8, 4) is 0 Å². The van der Waals surface area contributed by atoms with Gasteiger partial charge in [-0.15, -0.1) is 0 Å². The predicted molar refractivity (Wildman–Crippen MR) is 59.3 cm³/mol. The molecule has 0 spiro atoms. The van der Waals surface area contributed by atoms with Crippen LogP contribution in [-0.2, 0) is 11.2 Å². The van der Waals surface area contributed by atoms with E-state index >= 15 is 0 Å². The van der Waals surface area contributed by atoms with Crippen LogP contribution in [0.3, 0.4) is 0 Å². The first kappa shape index (κ1) is 10.2. The molecule has 1 N–H and O–H groups in total. The third kappa shape index (κ3) is 3.06. The molecule has 15 heavy (non-hydrogen) atoms. The van der Waals surface area contributed by atoms with Crippen LogP contribution in [0.5, 0.6) is 0 Å². The van der Waals surface area contributed by atoms with E-state index in [-0.39, 0.29) is 5.91 Å². The fourth-order valence-electron chi connectivity index (χ4n) is 1.82. The van der Waals surface area contributed by atoms with E-state index in [9.17, 15) is 4.79 Å². The molecule has 0 saturated carbocycles. The number of nitrogens with zero attached hydrogens (tertiary/aromatic N) is 1. The molecule has 1 aromatic rings. The lowest BCUT2D eigenvalue weighted by molar-refractivity contribution is -0.118. The Kier molecular flexibility index (Phi) is 3.35. The summed E-state index contributed by atoms with van der Waals surface area (Å²) in [5.41, 5.74) is 1.37. The second-order valence-corrected chi connectivity index (χ2v) is 3.90. The molecule has 1 saturated heterocycles. The Morgan fingerprint density at radius 1 is 1.27 bits per heavy atom. The van der Waals surface area contributed by atoms with Crippen LogP contribution in [0.25, 0.3) is 0 Å². The number of benzene rings is 1. The maximum Gasteiger partial charge on any atom is 0.235 e. The summed E-state index contributed by atoms with van der Waals surface area (Å²) in [6.45, 7) is 2.27. The van der Waals surface area contributed by atoms with Gasteiger partial charge in [-0.05, 0) is 18.4 Å². The molecule has 3 nitrogen and oxygen atoms in total. The molecule has 1 aliphatic heterocycles. The number of nitrogens with one attached hydrogen (secondary N) is 1. The number of amides is 1. The maximum absolute atomic E-state index is 10.9. The zero-order chi connectivity index (χ0) is 10.5. The highest BCUT2D eigenvalue weighted by atomic mass is 16.2. The normalized spacial score (nSPS) is 16.7. The van der Waals surface area contributed by atoms with Gasteiger partial charge in [0.15, 0.2) is 0 Å². The third-order valence-electron chi connectivity index (χ3n) is 2.65. The Morgan fingerprint density at radius 3 is 2.73 bits per heavy atom. The second kappa shape index (κ2) is 4.94. The van der Waals surface area contributed by atoms with E-state index < -0.39 is 0 Å². The van der Waals surface area contributed by atoms with Gasteiger partial charge in [-0.2, -0.15) is 0 Å². The van der Waals surface area contributed by atoms with Gasteiger partial charge in [-0.25, -0.2) is 0 Å². The van der Waals surface area contributed by atoms with Gasteiger partial charge in [0, 0.05) is 6.54 Å². The van der Waals surface area contributed by atoms with Crippen molar-refractivity contribution < 1.29 is 4.79 Å². The van der Waals surface area contributed by atoms with E-state index in [4.69, 9.17) is 0 Å². The molecule has 0 aliphatic carbocycles. The molecular weight excluding hydrogens is 188 g/mol. The lowest BCUT2D eigenvalue weighted by Crippen LogP contribution is -2.23. The lowest BCUT2D eigenvalue weighted by Gasteiger charge is -2.11. The lowest BCUT2D eigenvalue weighted by atomic mass is 10.1. The minimum Gasteiger partial charge on any atom is -0.342 e. The molecule has 0 atom stereocenters. The molecule has 0 bridgehead atoms. The molecule has 1 aromatic carbocycles. The molecule has 2 rings (SSSR count). The van der Waals surface area contributed by atoms with E-state index in [1.807, 2.05) is 6.07 Å². The fraction of sp³-hybridized carbons (Fsp3) is 0.417. The van der Waals surface area contributed by atoms with E-state index in [1.54, 1.807) is 0 Å². The number of carbonyl (C=O) groups is 1. The molecule has 3 heteroatoms. The zero-order valence-corrected chi connectivity index (χ0v) is 8.78. The van der Waals surface area contributed by atoms with E-state index in [0.717, 1.165) is 19.4 Å². The van der Waals surface area contributed by atoms with Crippen LogP contribution in [0.4, 0.5) is 0 Å². The van der Waals surface area contributed by atoms with Crippen molar-refractivity contribution >= 4 is 5.91 Å². The van der Waals surface area contributed by atoms with Crippen molar-refractivity contribution in [2.24, 2.45) is 0 Å². The zero-order valence-electron chi connectivity index (χ0n) is 8.78. The first-order chi connectivity index (χ1) is 7.34. The summed E-state index contributed by atoms with van der Waals surface area (Å²) in [6, 6.07) is 10.5. The second-order valence-electron chi connectivity index (χ2n) is 3.90. The molecule has 1 amide bonds. The van der Waals surface area contributed by atoms with Crippen LogP contribution in [0.1, 0.15) is 12.0 Å². The van der Waals surface area contributed by atoms with Crippen molar-refractivity contribution in [2.75, 3.05) is 19.8 Å². The van der Waals surface area contributed by atoms with Crippen molar-refractivity contribution in [1.82, 2.24) is 10.2 Å². The summed E-state index contributed by atoms with van der Waals surface area (Å²) in [7, 11) is 0. The summed E-state index contributed by atoms with van der Waals surface area (Å²) < 4.78 is 0. The van der Waals surface area contributed by atoms with Gasteiger partial charge in [0.2, 0.25) is 5.91 Å². The average Bonchev–Trinajstić information content (AvgIpc) is 2.66. The molecule has 1 aliphatic rings. The minimum atomic E-state index is 0.148. The molecule has 1 heterocycles. The molecule has 80 valence electrons. The predicted octanol–water partition coefficient (Wildman–Crippen LogP) is 1.01. The maximum atomic E-state index is 10.9. The minimum absolute atomic E-state index is 0.148. The highest BCUT2D eigenvalue weighted by molar-refractivity contribution is 5.79. The standard InChI is InChI=1S/C12H16N2O/c15-12-9-14(10-13-12)8-4-7-11-5-2-1-3-6-11/h1-3,5-6H,4,7-10H2,(H,13,15). The van der Waals surface area contributed by atoms with Crippen molar-refractivity contribution in [3.63, 3.8) is 0 Å². The number of hydrogen-bond donors (Lipinski definition) is 1. The monoisotopic (exact) mass is 204 g/mol. The Bertz CT molecular complexity index is 324. The average molecular weight is 204 g/mol. The van der Waals surface area contributed by atoms with Gasteiger partial charge >= 0.3 is 0 Å². The van der Waals surface area contributed by atoms with E-state index in [1.165, 1.54) is 5.56 Å². The van der Waals surface area contributed by atoms with E-state index in [0.29, 0.717) is 13.2 Å². The SMILES string of the molecule is O=C1CN(CCCc2ccccc2)CN1. The molecule has 0 aromatic heterocycles. The van der Waals surface area contributed by atoms with Crippen LogP contribution in [0.15, 0.2) is 30.3 Å². The molecule has 0 unspecified atom stereocenters. The first-order valence-corrected chi connectivity index (χ1v) is 5.37. The van der Waals surface area contributed by atoms with Crippen LogP contribution in [0.2, 0.25) is 0 Å². The van der Waals surface area contributed by atoms with Gasteiger partial charge in [0.05, 0.1) is 13.2 Å². The van der Waals surface area contributed by atoms with Gasteiger partial charge in [0.25, 0.3) is 0 Å². The topological polar surface area (TPSA) is 32.3 Å². The Labute approximate surface area is 90.1 Å². The van der Waals surface area contributed by atoms with Crippen LogP contribution >= 0.6 is 0 Å². The summed E-state index contributed by atoms with van der Waals surface area (Å²) in [4.78, 5) is 13.1. The summed E-state index contributed by atoms with van der Waals surface area (Å²) in [5, 5.41) is 2.81. The van der Waals surface area contributed by atoms with Crippen LogP contribution in [-0.4, -0.2) is 30.6 Å². The third-order valence-corrected chi connectivity index (χ3v) is 2.65. The van der Waals surface area contributed by atoms with Gasteiger partial charge < -0.3 is 5.32 Å². The first-order valence-electron chi connectivity index (χ1n) is 5.37.